The van der Waals surface area contributed by atoms with E-state index in [0.29, 0.717) is 18.0 Å². The fraction of sp³-hybridized carbons (Fsp3) is 0.923. The molecule has 17 heavy (non-hydrogen) atoms. The third kappa shape index (κ3) is 3.42. The Labute approximate surface area is 104 Å². The van der Waals surface area contributed by atoms with Crippen LogP contribution in [0.4, 0.5) is 0 Å². The number of rotatable bonds is 6. The average Bonchev–Trinajstić information content (AvgIpc) is 3.01. The average molecular weight is 239 g/mol. The minimum Gasteiger partial charge on any atom is -0.339 e. The van der Waals surface area contributed by atoms with Crippen molar-refractivity contribution in [1.29, 1.82) is 0 Å². The van der Waals surface area contributed by atoms with E-state index in [1.165, 1.54) is 12.8 Å². The largest absolute Gasteiger partial charge is 0.339 e. The van der Waals surface area contributed by atoms with Gasteiger partial charge in [0.2, 0.25) is 5.91 Å². The first kappa shape index (κ1) is 12.8. The van der Waals surface area contributed by atoms with Gasteiger partial charge in [-0.3, -0.25) is 4.79 Å². The van der Waals surface area contributed by atoms with Crippen molar-refractivity contribution in [2.75, 3.05) is 27.2 Å². The van der Waals surface area contributed by atoms with Gasteiger partial charge in [0.05, 0.1) is 6.04 Å². The van der Waals surface area contributed by atoms with Gasteiger partial charge in [-0.2, -0.15) is 0 Å². The summed E-state index contributed by atoms with van der Waals surface area (Å²) in [4.78, 5) is 16.4. The highest BCUT2D eigenvalue weighted by molar-refractivity contribution is 5.84. The molecule has 0 radical (unpaired) electrons. The first-order valence-corrected chi connectivity index (χ1v) is 6.79. The molecular formula is C13H25N3O. The van der Waals surface area contributed by atoms with Crippen LogP contribution in [0, 0.1) is 0 Å². The van der Waals surface area contributed by atoms with Gasteiger partial charge in [-0.05, 0) is 53.2 Å². The van der Waals surface area contributed by atoms with Gasteiger partial charge in [0.25, 0.3) is 0 Å². The van der Waals surface area contributed by atoms with E-state index in [1.54, 1.807) is 0 Å². The fourth-order valence-electron chi connectivity index (χ4n) is 2.43. The van der Waals surface area contributed by atoms with Crippen LogP contribution in [0.5, 0.6) is 0 Å². The molecule has 1 N–H and O–H groups in total. The van der Waals surface area contributed by atoms with Crippen LogP contribution < -0.4 is 5.32 Å². The van der Waals surface area contributed by atoms with Crippen molar-refractivity contribution in [2.45, 2.75) is 50.7 Å². The maximum Gasteiger partial charge on any atom is 0.240 e. The number of hydrogen-bond donors (Lipinski definition) is 1. The summed E-state index contributed by atoms with van der Waals surface area (Å²) >= 11 is 0. The van der Waals surface area contributed by atoms with Gasteiger partial charge in [0, 0.05) is 18.6 Å². The number of nitrogens with zero attached hydrogens (tertiary/aromatic N) is 2. The van der Waals surface area contributed by atoms with Crippen LogP contribution in [-0.4, -0.2) is 61.0 Å². The maximum absolute atomic E-state index is 12.2. The summed E-state index contributed by atoms with van der Waals surface area (Å²) in [5.74, 6) is 0.322. The van der Waals surface area contributed by atoms with Crippen LogP contribution in [-0.2, 0) is 4.79 Å². The Bertz CT molecular complexity index is 276. The lowest BCUT2D eigenvalue weighted by molar-refractivity contribution is -0.131. The van der Waals surface area contributed by atoms with E-state index < -0.39 is 0 Å². The molecule has 1 heterocycles. The fourth-order valence-corrected chi connectivity index (χ4v) is 2.43. The molecule has 4 heteroatoms. The van der Waals surface area contributed by atoms with E-state index in [9.17, 15) is 4.79 Å². The second-order valence-corrected chi connectivity index (χ2v) is 5.75. The van der Waals surface area contributed by atoms with Gasteiger partial charge in [0.15, 0.2) is 0 Å². The summed E-state index contributed by atoms with van der Waals surface area (Å²) in [5.41, 5.74) is 0. The molecule has 98 valence electrons. The van der Waals surface area contributed by atoms with Crippen molar-refractivity contribution in [3.8, 4) is 0 Å². The SMILES string of the molecule is CC(CCN(C)C)N1CCC(NC2CC2)C1=O. The minimum atomic E-state index is 0.101. The molecule has 2 unspecified atom stereocenters. The van der Waals surface area contributed by atoms with E-state index >= 15 is 0 Å². The highest BCUT2D eigenvalue weighted by Gasteiger charge is 2.37. The molecule has 2 rings (SSSR count). The van der Waals surface area contributed by atoms with Crippen molar-refractivity contribution >= 4 is 5.91 Å². The number of carbonyl (C=O) groups excluding carboxylic acids is 1. The Hall–Kier alpha value is -0.610. The molecule has 0 bridgehead atoms. The first-order chi connectivity index (χ1) is 8.08. The molecule has 1 saturated carbocycles. The Morgan fingerprint density at radius 1 is 1.41 bits per heavy atom. The molecule has 1 aliphatic heterocycles. The smallest absolute Gasteiger partial charge is 0.240 e. The van der Waals surface area contributed by atoms with Crippen LogP contribution in [0.25, 0.3) is 0 Å². The summed E-state index contributed by atoms with van der Waals surface area (Å²) in [6, 6.07) is 1.10. The van der Waals surface area contributed by atoms with Crippen LogP contribution in [0.3, 0.4) is 0 Å². The molecule has 0 aromatic rings. The van der Waals surface area contributed by atoms with Crippen LogP contribution in [0.1, 0.15) is 32.6 Å². The number of nitrogens with one attached hydrogen (secondary N) is 1. The predicted molar refractivity (Wildman–Crippen MR) is 68.9 cm³/mol. The zero-order chi connectivity index (χ0) is 12.4. The second-order valence-electron chi connectivity index (χ2n) is 5.75. The van der Waals surface area contributed by atoms with Crippen molar-refractivity contribution in [3.63, 3.8) is 0 Å². The maximum atomic E-state index is 12.2. The number of amides is 1. The Kier molecular flexibility index (Phi) is 4.05. The summed E-state index contributed by atoms with van der Waals surface area (Å²) < 4.78 is 0. The van der Waals surface area contributed by atoms with Gasteiger partial charge in [-0.1, -0.05) is 0 Å². The van der Waals surface area contributed by atoms with E-state index in [4.69, 9.17) is 0 Å². The molecule has 1 amide bonds. The minimum absolute atomic E-state index is 0.101. The van der Waals surface area contributed by atoms with Crippen molar-refractivity contribution < 1.29 is 4.79 Å². The predicted octanol–water partition coefficient (Wildman–Crippen LogP) is 0.679. The first-order valence-electron chi connectivity index (χ1n) is 6.79. The monoisotopic (exact) mass is 239 g/mol. The normalized spacial score (nSPS) is 26.9. The summed E-state index contributed by atoms with van der Waals surface area (Å²) in [5, 5.41) is 3.45. The molecule has 4 nitrogen and oxygen atoms in total. The lowest BCUT2D eigenvalue weighted by Crippen LogP contribution is -2.43. The van der Waals surface area contributed by atoms with E-state index in [2.05, 4.69) is 36.1 Å². The molecule has 0 aromatic carbocycles. The van der Waals surface area contributed by atoms with E-state index in [1.807, 2.05) is 0 Å². The Morgan fingerprint density at radius 3 is 2.71 bits per heavy atom. The van der Waals surface area contributed by atoms with E-state index in [0.717, 1.165) is 25.9 Å². The van der Waals surface area contributed by atoms with Gasteiger partial charge >= 0.3 is 0 Å². The van der Waals surface area contributed by atoms with Gasteiger partial charge in [-0.15, -0.1) is 0 Å². The second kappa shape index (κ2) is 5.36. The molecule has 1 saturated heterocycles. The molecule has 2 aliphatic rings. The lowest BCUT2D eigenvalue weighted by Gasteiger charge is -2.26. The van der Waals surface area contributed by atoms with Crippen molar-refractivity contribution in [3.05, 3.63) is 0 Å². The molecular weight excluding hydrogens is 214 g/mol. The van der Waals surface area contributed by atoms with Crippen molar-refractivity contribution in [1.82, 2.24) is 15.1 Å². The number of hydrogen-bond acceptors (Lipinski definition) is 3. The van der Waals surface area contributed by atoms with Crippen LogP contribution >= 0.6 is 0 Å². The van der Waals surface area contributed by atoms with Crippen molar-refractivity contribution in [2.24, 2.45) is 0 Å². The lowest BCUT2D eigenvalue weighted by atomic mass is 10.2. The van der Waals surface area contributed by atoms with E-state index in [-0.39, 0.29) is 6.04 Å². The number of likely N-dealkylation sites (tertiary alicyclic amines) is 1. The molecule has 1 aliphatic carbocycles. The third-order valence-electron chi connectivity index (χ3n) is 3.78. The molecule has 2 atom stereocenters. The summed E-state index contributed by atoms with van der Waals surface area (Å²) in [6.45, 7) is 4.14. The Balaban J connectivity index is 1.78. The summed E-state index contributed by atoms with van der Waals surface area (Å²) in [7, 11) is 4.16. The van der Waals surface area contributed by atoms with Gasteiger partial charge in [0.1, 0.15) is 0 Å². The highest BCUT2D eigenvalue weighted by atomic mass is 16.2. The van der Waals surface area contributed by atoms with Crippen LogP contribution in [0.2, 0.25) is 0 Å². The molecule has 0 aromatic heterocycles. The molecule has 0 spiro atoms. The standard InChI is InChI=1S/C13H25N3O/c1-10(6-8-15(2)3)16-9-7-12(13(16)17)14-11-4-5-11/h10-12,14H,4-9H2,1-3H3. The Morgan fingerprint density at radius 2 is 2.12 bits per heavy atom. The zero-order valence-corrected chi connectivity index (χ0v) is 11.3. The van der Waals surface area contributed by atoms with Gasteiger partial charge in [-0.25, -0.2) is 0 Å². The topological polar surface area (TPSA) is 35.6 Å². The van der Waals surface area contributed by atoms with Gasteiger partial charge < -0.3 is 15.1 Å². The van der Waals surface area contributed by atoms with Crippen LogP contribution in [0.15, 0.2) is 0 Å². The molecule has 2 fully saturated rings. The number of carbonyl (C=O) groups is 1. The highest BCUT2D eigenvalue weighted by Crippen LogP contribution is 2.23. The third-order valence-corrected chi connectivity index (χ3v) is 3.78. The quantitative estimate of drug-likeness (QED) is 0.740. The zero-order valence-electron chi connectivity index (χ0n) is 11.3. The summed E-state index contributed by atoms with van der Waals surface area (Å²) in [6.07, 6.45) is 4.55.